The Hall–Kier alpha value is -3.47. The van der Waals surface area contributed by atoms with E-state index < -0.39 is 6.17 Å². The van der Waals surface area contributed by atoms with Gasteiger partial charge < -0.3 is 5.21 Å². The Bertz CT molecular complexity index is 949. The van der Waals surface area contributed by atoms with E-state index in [0.29, 0.717) is 11.0 Å². The van der Waals surface area contributed by atoms with Gasteiger partial charge in [0.05, 0.1) is 11.0 Å². The van der Waals surface area contributed by atoms with E-state index in [1.54, 1.807) is 0 Å². The Morgan fingerprint density at radius 2 is 1.36 bits per heavy atom. The summed E-state index contributed by atoms with van der Waals surface area (Å²) in [6, 6.07) is 17.3. The lowest BCUT2D eigenvalue weighted by Gasteiger charge is -2.08. The summed E-state index contributed by atoms with van der Waals surface area (Å²) in [6.07, 6.45) is -0.753. The first kappa shape index (κ1) is 12.3. The minimum Gasteiger partial charge on any atom is -0.498 e. The van der Waals surface area contributed by atoms with Crippen LogP contribution < -0.4 is 0 Å². The summed E-state index contributed by atoms with van der Waals surface area (Å²) in [5.41, 5.74) is 2.93. The Morgan fingerprint density at radius 1 is 0.864 bits per heavy atom. The van der Waals surface area contributed by atoms with E-state index >= 15 is 0 Å². The number of fused-ring (bicyclic) bond motifs is 2. The van der Waals surface area contributed by atoms with Crippen molar-refractivity contribution in [1.29, 1.82) is 0 Å². The van der Waals surface area contributed by atoms with Gasteiger partial charge in [-0.25, -0.2) is 9.36 Å². The topological polar surface area (TPSA) is 88.8 Å². The van der Waals surface area contributed by atoms with Crippen LogP contribution in [0.25, 0.3) is 27.1 Å². The molecule has 0 saturated heterocycles. The smallest absolute Gasteiger partial charge is 0.350 e. The molecule has 0 saturated carbocycles. The molecule has 8 nitrogen and oxygen atoms in total. The van der Waals surface area contributed by atoms with Gasteiger partial charge in [0.1, 0.15) is 11.0 Å². The molecule has 0 spiro atoms. The molecule has 4 aromatic rings. The van der Waals surface area contributed by atoms with E-state index in [9.17, 15) is 5.21 Å². The fraction of sp³-hybridized carbons (Fsp3) is 0.0714. The highest BCUT2D eigenvalue weighted by Gasteiger charge is 2.23. The van der Waals surface area contributed by atoms with Crippen LogP contribution in [0.15, 0.2) is 48.5 Å². The maximum Gasteiger partial charge on any atom is 0.350 e. The van der Waals surface area contributed by atoms with Crippen LogP contribution in [0.2, 0.25) is 0 Å². The highest BCUT2D eigenvalue weighted by molar-refractivity contribution is 5.76. The summed E-state index contributed by atoms with van der Waals surface area (Å²) < 4.78 is 3.08. The first-order valence-corrected chi connectivity index (χ1v) is 6.56. The van der Waals surface area contributed by atoms with Crippen molar-refractivity contribution in [3.05, 3.63) is 58.7 Å². The first-order valence-electron chi connectivity index (χ1n) is 6.56. The van der Waals surface area contributed by atoms with Crippen molar-refractivity contribution >= 4 is 22.1 Å². The number of nitrogens with zero attached hydrogens (tertiary/aromatic N) is 7. The highest BCUT2D eigenvalue weighted by Crippen LogP contribution is 2.20. The maximum atomic E-state index is 10.8. The highest BCUT2D eigenvalue weighted by atomic mass is 16.4. The van der Waals surface area contributed by atoms with Crippen molar-refractivity contribution in [2.45, 2.75) is 6.17 Å². The molecule has 8 heteroatoms. The second-order valence-electron chi connectivity index (χ2n) is 4.64. The molecule has 0 amide bonds. The van der Waals surface area contributed by atoms with Crippen molar-refractivity contribution in [2.75, 3.05) is 0 Å². The third-order valence-corrected chi connectivity index (χ3v) is 3.39. The summed E-state index contributed by atoms with van der Waals surface area (Å²) in [7, 11) is 0. The molecule has 106 valence electrons. The molecule has 0 aliphatic rings. The summed E-state index contributed by atoms with van der Waals surface area (Å²) in [6.45, 7) is 0. The Labute approximate surface area is 124 Å². The molecule has 0 aliphatic heterocycles. The van der Waals surface area contributed by atoms with Crippen LogP contribution in [0.1, 0.15) is 6.17 Å². The first-order chi connectivity index (χ1) is 10.9. The zero-order valence-electron chi connectivity index (χ0n) is 11.2. The van der Waals surface area contributed by atoms with Crippen molar-refractivity contribution < 1.29 is 0 Å². The fourth-order valence-corrected chi connectivity index (χ4v) is 2.40. The van der Waals surface area contributed by atoms with Gasteiger partial charge in [0.15, 0.2) is 0 Å². The molecule has 0 radical (unpaired) electrons. The van der Waals surface area contributed by atoms with Crippen molar-refractivity contribution in [3.8, 4) is 6.07 Å². The van der Waals surface area contributed by atoms with E-state index in [4.69, 9.17) is 0 Å². The fourth-order valence-electron chi connectivity index (χ4n) is 2.40. The molecular formula is C14H9N7O. The largest absolute Gasteiger partial charge is 0.498 e. The molecule has 2 aromatic heterocycles. The van der Waals surface area contributed by atoms with E-state index in [0.717, 1.165) is 11.0 Å². The second-order valence-corrected chi connectivity index (χ2v) is 4.64. The van der Waals surface area contributed by atoms with Gasteiger partial charge in [-0.2, -0.15) is 0 Å². The maximum absolute atomic E-state index is 10.8. The van der Waals surface area contributed by atoms with Gasteiger partial charge in [0, 0.05) is 5.01 Å². The van der Waals surface area contributed by atoms with Gasteiger partial charge in [0.2, 0.25) is 0 Å². The van der Waals surface area contributed by atoms with E-state index in [1.807, 2.05) is 48.5 Å². The molecule has 2 heterocycles. The molecule has 0 bridgehead atoms. The number of benzene rings is 2. The number of para-hydroxylation sites is 2. The number of rotatable bonds is 2. The summed E-state index contributed by atoms with van der Waals surface area (Å²) in [4.78, 5) is 0. The molecule has 4 rings (SSSR count). The standard InChI is InChI=1S/C14H9N7O/c22-15-9-14(20-12-7-3-1-5-10(12)16-18-20)21-13-8-4-2-6-11(13)17-19-21/h1-8,14H. The van der Waals surface area contributed by atoms with Crippen LogP contribution >= 0.6 is 0 Å². The van der Waals surface area contributed by atoms with Crippen molar-refractivity contribution in [3.63, 3.8) is 0 Å². The predicted octanol–water partition coefficient (Wildman–Crippen LogP) is 2.05. The zero-order valence-corrected chi connectivity index (χ0v) is 11.2. The number of hydrogen-bond acceptors (Lipinski definition) is 5. The molecule has 22 heavy (non-hydrogen) atoms. The van der Waals surface area contributed by atoms with Crippen LogP contribution in [0.4, 0.5) is 0 Å². The van der Waals surface area contributed by atoms with Crippen LogP contribution in [0.5, 0.6) is 0 Å². The lowest BCUT2D eigenvalue weighted by Crippen LogP contribution is -2.19. The number of hydrogen-bond donors (Lipinski definition) is 0. The lowest BCUT2D eigenvalue weighted by molar-refractivity contribution is 0.446. The van der Waals surface area contributed by atoms with Gasteiger partial charge in [-0.15, -0.1) is 10.2 Å². The molecule has 0 N–H and O–H groups in total. The van der Waals surface area contributed by atoms with Gasteiger partial charge in [-0.1, -0.05) is 34.7 Å². The predicted molar refractivity (Wildman–Crippen MR) is 80.1 cm³/mol. The van der Waals surface area contributed by atoms with E-state index in [-0.39, 0.29) is 0 Å². The molecule has 2 aromatic carbocycles. The molecular weight excluding hydrogens is 282 g/mol. The monoisotopic (exact) mass is 291 g/mol. The normalized spacial score (nSPS) is 11.0. The van der Waals surface area contributed by atoms with Gasteiger partial charge >= 0.3 is 6.07 Å². The summed E-state index contributed by atoms with van der Waals surface area (Å²) in [5, 5.41) is 29.9. The average Bonchev–Trinajstić information content (AvgIpc) is 3.17. The third-order valence-electron chi connectivity index (χ3n) is 3.39. The van der Waals surface area contributed by atoms with Gasteiger partial charge in [0.25, 0.3) is 6.17 Å². The Morgan fingerprint density at radius 3 is 1.86 bits per heavy atom. The third kappa shape index (κ3) is 1.76. The van der Waals surface area contributed by atoms with Crippen LogP contribution in [0, 0.1) is 11.3 Å². The van der Waals surface area contributed by atoms with Crippen LogP contribution in [-0.4, -0.2) is 30.0 Å². The Balaban J connectivity index is 1.96. The van der Waals surface area contributed by atoms with Crippen molar-refractivity contribution in [2.24, 2.45) is 0 Å². The van der Waals surface area contributed by atoms with E-state index in [2.05, 4.69) is 31.7 Å². The Kier molecular flexibility index (Phi) is 2.69. The van der Waals surface area contributed by atoms with Gasteiger partial charge in [-0.3, -0.25) is 0 Å². The molecule has 0 fully saturated rings. The van der Waals surface area contributed by atoms with Crippen LogP contribution in [0.3, 0.4) is 0 Å². The number of aromatic nitrogens is 6. The lowest BCUT2D eigenvalue weighted by atomic mass is 10.3. The second kappa shape index (κ2) is 4.82. The minimum atomic E-state index is -0.753. The molecule has 0 unspecified atom stereocenters. The molecule has 0 atom stereocenters. The average molecular weight is 291 g/mol. The SMILES string of the molecule is [O-][N+]#CC(n1nnc2ccccc21)n1nnc2ccccc21. The molecule has 0 aliphatic carbocycles. The summed E-state index contributed by atoms with van der Waals surface area (Å²) in [5.74, 6) is 0. The van der Waals surface area contributed by atoms with Crippen LogP contribution in [-0.2, 0) is 0 Å². The quantitative estimate of drug-likeness (QED) is 0.527. The van der Waals surface area contributed by atoms with Gasteiger partial charge in [-0.05, 0) is 24.3 Å². The minimum absolute atomic E-state index is 0.713. The zero-order chi connectivity index (χ0) is 14.9. The van der Waals surface area contributed by atoms with Crippen molar-refractivity contribution in [1.82, 2.24) is 30.0 Å². The summed E-state index contributed by atoms with van der Waals surface area (Å²) >= 11 is 0. The van der Waals surface area contributed by atoms with E-state index in [1.165, 1.54) is 9.36 Å².